The van der Waals surface area contributed by atoms with Crippen molar-refractivity contribution in [2.45, 2.75) is 0 Å². The van der Waals surface area contributed by atoms with E-state index in [1.807, 2.05) is 12.4 Å². The summed E-state index contributed by atoms with van der Waals surface area (Å²) in [4.78, 5) is 4.43. The molecular formula is C29H18N2. The molecule has 0 aliphatic rings. The lowest BCUT2D eigenvalue weighted by molar-refractivity contribution is 1.17. The van der Waals surface area contributed by atoms with Gasteiger partial charge >= 0.3 is 0 Å². The molecule has 0 aliphatic carbocycles. The topological polar surface area (TPSA) is 17.8 Å². The van der Waals surface area contributed by atoms with E-state index in [0.717, 1.165) is 11.2 Å². The molecule has 2 aromatic heterocycles. The SMILES string of the molecule is c1ccc2c(c1)c1ccccc1c1cc(-n3c4ccccc4c4ccncc43)ccc21. The second-order valence-electron chi connectivity index (χ2n) is 8.07. The molecule has 0 radical (unpaired) electrons. The Morgan fingerprint density at radius 3 is 1.71 bits per heavy atom. The number of hydrogen-bond acceptors (Lipinski definition) is 1. The van der Waals surface area contributed by atoms with Crippen LogP contribution in [0.15, 0.2) is 109 Å². The van der Waals surface area contributed by atoms with Gasteiger partial charge in [0.25, 0.3) is 0 Å². The fourth-order valence-electron chi connectivity index (χ4n) is 5.13. The number of fused-ring (bicyclic) bond motifs is 9. The number of aromatic nitrogens is 2. The van der Waals surface area contributed by atoms with Crippen molar-refractivity contribution in [2.24, 2.45) is 0 Å². The molecule has 5 aromatic carbocycles. The summed E-state index contributed by atoms with van der Waals surface area (Å²) in [6.07, 6.45) is 3.84. The summed E-state index contributed by atoms with van der Waals surface area (Å²) in [6.45, 7) is 0. The van der Waals surface area contributed by atoms with Gasteiger partial charge in [-0.25, -0.2) is 0 Å². The van der Waals surface area contributed by atoms with Crippen molar-refractivity contribution in [1.82, 2.24) is 9.55 Å². The van der Waals surface area contributed by atoms with E-state index in [0.29, 0.717) is 0 Å². The Kier molecular flexibility index (Phi) is 3.30. The largest absolute Gasteiger partial charge is 0.308 e. The van der Waals surface area contributed by atoms with Crippen LogP contribution in [0.4, 0.5) is 0 Å². The summed E-state index contributed by atoms with van der Waals surface area (Å²) < 4.78 is 2.33. The normalized spacial score (nSPS) is 11.9. The average molecular weight is 394 g/mol. The lowest BCUT2D eigenvalue weighted by Gasteiger charge is -2.13. The van der Waals surface area contributed by atoms with Crippen LogP contribution in [0.3, 0.4) is 0 Å². The van der Waals surface area contributed by atoms with Crippen molar-refractivity contribution in [3.63, 3.8) is 0 Å². The fourth-order valence-corrected chi connectivity index (χ4v) is 5.13. The smallest absolute Gasteiger partial charge is 0.0724 e. The monoisotopic (exact) mass is 394 g/mol. The maximum absolute atomic E-state index is 4.43. The van der Waals surface area contributed by atoms with Gasteiger partial charge in [0.1, 0.15) is 0 Å². The second kappa shape index (κ2) is 6.16. The second-order valence-corrected chi connectivity index (χ2v) is 8.07. The highest BCUT2D eigenvalue weighted by atomic mass is 15.0. The van der Waals surface area contributed by atoms with E-state index in [1.165, 1.54) is 48.6 Å². The highest BCUT2D eigenvalue weighted by Crippen LogP contribution is 2.37. The first kappa shape index (κ1) is 16.6. The van der Waals surface area contributed by atoms with Gasteiger partial charge < -0.3 is 4.57 Å². The average Bonchev–Trinajstić information content (AvgIpc) is 3.18. The van der Waals surface area contributed by atoms with Gasteiger partial charge in [-0.2, -0.15) is 0 Å². The molecule has 0 fully saturated rings. The number of nitrogens with zero attached hydrogens (tertiary/aromatic N) is 2. The Balaban J connectivity index is 1.66. The Morgan fingerprint density at radius 1 is 0.452 bits per heavy atom. The van der Waals surface area contributed by atoms with Crippen LogP contribution in [0.5, 0.6) is 0 Å². The zero-order chi connectivity index (χ0) is 20.4. The highest BCUT2D eigenvalue weighted by molar-refractivity contribution is 6.25. The summed E-state index contributed by atoms with van der Waals surface area (Å²) in [7, 11) is 0. The number of benzene rings is 5. The highest BCUT2D eigenvalue weighted by Gasteiger charge is 2.14. The molecule has 0 aliphatic heterocycles. The van der Waals surface area contributed by atoms with E-state index in [9.17, 15) is 0 Å². The van der Waals surface area contributed by atoms with E-state index in [2.05, 4.69) is 107 Å². The van der Waals surface area contributed by atoms with Gasteiger partial charge in [-0.1, -0.05) is 72.8 Å². The molecule has 0 saturated carbocycles. The minimum Gasteiger partial charge on any atom is -0.308 e. The first-order valence-electron chi connectivity index (χ1n) is 10.6. The molecule has 0 unspecified atom stereocenters. The molecule has 144 valence electrons. The molecule has 2 heterocycles. The van der Waals surface area contributed by atoms with Gasteiger partial charge in [-0.05, 0) is 56.6 Å². The van der Waals surface area contributed by atoms with E-state index >= 15 is 0 Å². The predicted molar refractivity (Wildman–Crippen MR) is 131 cm³/mol. The Bertz CT molecular complexity index is 1700. The van der Waals surface area contributed by atoms with Gasteiger partial charge in [0.15, 0.2) is 0 Å². The molecule has 0 spiro atoms. The lowest BCUT2D eigenvalue weighted by atomic mass is 9.94. The molecular weight excluding hydrogens is 376 g/mol. The molecule has 0 saturated heterocycles. The van der Waals surface area contributed by atoms with Crippen molar-refractivity contribution >= 4 is 54.1 Å². The van der Waals surface area contributed by atoms with Crippen LogP contribution in [0.25, 0.3) is 59.8 Å². The first-order valence-corrected chi connectivity index (χ1v) is 10.6. The van der Waals surface area contributed by atoms with Crippen molar-refractivity contribution < 1.29 is 0 Å². The van der Waals surface area contributed by atoms with Crippen LogP contribution in [0.1, 0.15) is 0 Å². The molecule has 0 atom stereocenters. The quantitative estimate of drug-likeness (QED) is 0.262. The maximum Gasteiger partial charge on any atom is 0.0724 e. The first-order chi connectivity index (χ1) is 15.4. The van der Waals surface area contributed by atoms with Gasteiger partial charge in [0.2, 0.25) is 0 Å². The number of para-hydroxylation sites is 1. The van der Waals surface area contributed by atoms with E-state index in [-0.39, 0.29) is 0 Å². The molecule has 0 bridgehead atoms. The molecule has 7 rings (SSSR count). The minimum atomic E-state index is 1.13. The number of pyridine rings is 1. The van der Waals surface area contributed by atoms with E-state index in [1.54, 1.807) is 0 Å². The molecule has 0 N–H and O–H groups in total. The standard InChI is InChI=1S/C29H18N2/c1-2-9-22-20(7-1)21-8-3-4-10-23(21)27-17-19(13-14-24(22)27)31-28-12-6-5-11-25(28)26-15-16-30-18-29(26)31/h1-18H. The third kappa shape index (κ3) is 2.25. The van der Waals surface area contributed by atoms with Crippen molar-refractivity contribution in [2.75, 3.05) is 0 Å². The third-order valence-electron chi connectivity index (χ3n) is 6.46. The molecule has 2 heteroatoms. The summed E-state index contributed by atoms with van der Waals surface area (Å²) in [6, 6.07) is 35.0. The van der Waals surface area contributed by atoms with Crippen LogP contribution in [0, 0.1) is 0 Å². The molecule has 31 heavy (non-hydrogen) atoms. The number of hydrogen-bond donors (Lipinski definition) is 0. The molecule has 7 aromatic rings. The van der Waals surface area contributed by atoms with Gasteiger partial charge in [0.05, 0.1) is 17.2 Å². The summed E-state index contributed by atoms with van der Waals surface area (Å²) in [5.74, 6) is 0. The lowest BCUT2D eigenvalue weighted by Crippen LogP contribution is -1.94. The zero-order valence-electron chi connectivity index (χ0n) is 16.8. The summed E-state index contributed by atoms with van der Waals surface area (Å²) in [5, 5.41) is 10.2. The predicted octanol–water partition coefficient (Wildman–Crippen LogP) is 7.64. The van der Waals surface area contributed by atoms with E-state index in [4.69, 9.17) is 0 Å². The Hall–Kier alpha value is -4.17. The summed E-state index contributed by atoms with van der Waals surface area (Å²) >= 11 is 0. The van der Waals surface area contributed by atoms with Crippen LogP contribution in [-0.2, 0) is 0 Å². The van der Waals surface area contributed by atoms with Gasteiger partial charge in [-0.3, -0.25) is 4.98 Å². The van der Waals surface area contributed by atoms with Crippen molar-refractivity contribution in [1.29, 1.82) is 0 Å². The van der Waals surface area contributed by atoms with Crippen molar-refractivity contribution in [3.05, 3.63) is 109 Å². The van der Waals surface area contributed by atoms with Crippen LogP contribution in [-0.4, -0.2) is 9.55 Å². The van der Waals surface area contributed by atoms with Crippen molar-refractivity contribution in [3.8, 4) is 5.69 Å². The number of rotatable bonds is 1. The van der Waals surface area contributed by atoms with Crippen LogP contribution >= 0.6 is 0 Å². The minimum absolute atomic E-state index is 1.13. The van der Waals surface area contributed by atoms with Crippen LogP contribution < -0.4 is 0 Å². The molecule has 2 nitrogen and oxygen atoms in total. The van der Waals surface area contributed by atoms with Gasteiger partial charge in [-0.15, -0.1) is 0 Å². The fraction of sp³-hybridized carbons (Fsp3) is 0. The maximum atomic E-state index is 4.43. The molecule has 0 amide bonds. The van der Waals surface area contributed by atoms with Crippen LogP contribution in [0.2, 0.25) is 0 Å². The van der Waals surface area contributed by atoms with Gasteiger partial charge in [0, 0.05) is 22.7 Å². The Labute approximate surface area is 179 Å². The Morgan fingerprint density at radius 2 is 1.00 bits per heavy atom. The third-order valence-corrected chi connectivity index (χ3v) is 6.46. The zero-order valence-corrected chi connectivity index (χ0v) is 16.8. The summed E-state index contributed by atoms with van der Waals surface area (Å²) in [5.41, 5.74) is 3.50. The van der Waals surface area contributed by atoms with E-state index < -0.39 is 0 Å².